The fourth-order valence-electron chi connectivity index (χ4n) is 2.82. The summed E-state index contributed by atoms with van der Waals surface area (Å²) in [6, 6.07) is 5.81. The summed E-state index contributed by atoms with van der Waals surface area (Å²) >= 11 is 0. The van der Waals surface area contributed by atoms with Crippen LogP contribution >= 0.6 is 0 Å². The second-order valence-electron chi connectivity index (χ2n) is 5.40. The highest BCUT2D eigenvalue weighted by molar-refractivity contribution is 5.94. The Balaban J connectivity index is 1.64. The van der Waals surface area contributed by atoms with E-state index in [4.69, 9.17) is 4.74 Å². The molecule has 3 rings (SSSR count). The number of amides is 1. The van der Waals surface area contributed by atoms with Crippen molar-refractivity contribution in [1.82, 2.24) is 5.32 Å². The van der Waals surface area contributed by atoms with Gasteiger partial charge in [0.15, 0.2) is 0 Å². The zero-order valence-electron chi connectivity index (χ0n) is 10.9. The molecule has 0 spiro atoms. The molecule has 0 atom stereocenters. The van der Waals surface area contributed by atoms with Crippen LogP contribution in [0.2, 0.25) is 0 Å². The highest BCUT2D eigenvalue weighted by Crippen LogP contribution is 2.26. The summed E-state index contributed by atoms with van der Waals surface area (Å²) in [5, 5.41) is 12.5. The van der Waals surface area contributed by atoms with Crippen LogP contribution in [0.25, 0.3) is 0 Å². The smallest absolute Gasteiger partial charge is 0.251 e. The Morgan fingerprint density at radius 3 is 2.84 bits per heavy atom. The monoisotopic (exact) mass is 261 g/mol. The fourth-order valence-corrected chi connectivity index (χ4v) is 2.82. The lowest BCUT2D eigenvalue weighted by atomic mass is 9.93. The molecule has 0 unspecified atom stereocenters. The molecule has 1 aliphatic carbocycles. The zero-order valence-corrected chi connectivity index (χ0v) is 10.9. The van der Waals surface area contributed by atoms with Crippen molar-refractivity contribution in [1.29, 1.82) is 0 Å². The van der Waals surface area contributed by atoms with Gasteiger partial charge in [0.05, 0.1) is 12.7 Å². The maximum atomic E-state index is 12.2. The number of rotatable bonds is 2. The second kappa shape index (κ2) is 5.21. The van der Waals surface area contributed by atoms with Crippen molar-refractivity contribution in [2.75, 3.05) is 6.61 Å². The first kappa shape index (κ1) is 12.5. The molecule has 1 amide bonds. The molecule has 1 saturated carbocycles. The van der Waals surface area contributed by atoms with Crippen LogP contribution in [0.4, 0.5) is 0 Å². The molecular formula is C15H19NO3. The SMILES string of the molecule is O=C(NC1CCC(O)CC1)c1ccc2c(c1)CCO2. The van der Waals surface area contributed by atoms with Crippen LogP contribution in [0.1, 0.15) is 41.6 Å². The van der Waals surface area contributed by atoms with Gasteiger partial charge in [-0.15, -0.1) is 0 Å². The molecule has 0 bridgehead atoms. The van der Waals surface area contributed by atoms with E-state index < -0.39 is 0 Å². The van der Waals surface area contributed by atoms with Gasteiger partial charge in [-0.2, -0.15) is 0 Å². The largest absolute Gasteiger partial charge is 0.493 e. The van der Waals surface area contributed by atoms with Crippen LogP contribution < -0.4 is 10.1 Å². The van der Waals surface area contributed by atoms with Crippen molar-refractivity contribution in [3.05, 3.63) is 29.3 Å². The average Bonchev–Trinajstić information content (AvgIpc) is 2.88. The Morgan fingerprint density at radius 2 is 2.05 bits per heavy atom. The van der Waals surface area contributed by atoms with E-state index in [0.717, 1.165) is 43.4 Å². The summed E-state index contributed by atoms with van der Waals surface area (Å²) in [4.78, 5) is 12.2. The highest BCUT2D eigenvalue weighted by atomic mass is 16.5. The molecular weight excluding hydrogens is 242 g/mol. The number of benzene rings is 1. The molecule has 102 valence electrons. The number of fused-ring (bicyclic) bond motifs is 1. The van der Waals surface area contributed by atoms with Crippen LogP contribution in [0.15, 0.2) is 18.2 Å². The maximum absolute atomic E-state index is 12.2. The molecule has 0 saturated heterocycles. The van der Waals surface area contributed by atoms with Crippen molar-refractivity contribution in [2.24, 2.45) is 0 Å². The van der Waals surface area contributed by atoms with E-state index in [1.165, 1.54) is 0 Å². The quantitative estimate of drug-likeness (QED) is 0.851. The topological polar surface area (TPSA) is 58.6 Å². The van der Waals surface area contributed by atoms with E-state index in [0.29, 0.717) is 12.2 Å². The third-order valence-electron chi connectivity index (χ3n) is 3.98. The molecule has 1 aromatic rings. The normalized spacial score (nSPS) is 25.5. The first-order valence-corrected chi connectivity index (χ1v) is 6.97. The molecule has 1 fully saturated rings. The lowest BCUT2D eigenvalue weighted by Crippen LogP contribution is -2.38. The van der Waals surface area contributed by atoms with E-state index in [-0.39, 0.29) is 18.1 Å². The number of nitrogens with one attached hydrogen (secondary N) is 1. The van der Waals surface area contributed by atoms with E-state index in [1.54, 1.807) is 0 Å². The van der Waals surface area contributed by atoms with Crippen molar-refractivity contribution >= 4 is 5.91 Å². The van der Waals surface area contributed by atoms with E-state index in [9.17, 15) is 9.90 Å². The zero-order chi connectivity index (χ0) is 13.2. The Kier molecular flexibility index (Phi) is 3.42. The molecule has 0 radical (unpaired) electrons. The minimum Gasteiger partial charge on any atom is -0.493 e. The van der Waals surface area contributed by atoms with Crippen molar-refractivity contribution in [2.45, 2.75) is 44.2 Å². The summed E-state index contributed by atoms with van der Waals surface area (Å²) in [6.45, 7) is 0.709. The van der Waals surface area contributed by atoms with Gasteiger partial charge < -0.3 is 15.2 Å². The number of aliphatic hydroxyl groups excluding tert-OH is 1. The summed E-state index contributed by atoms with van der Waals surface area (Å²) in [5.74, 6) is 0.883. The molecule has 4 nitrogen and oxygen atoms in total. The van der Waals surface area contributed by atoms with Crippen molar-refractivity contribution in [3.63, 3.8) is 0 Å². The number of aliphatic hydroxyl groups is 1. The van der Waals surface area contributed by atoms with Crippen LogP contribution in [0, 0.1) is 0 Å². The van der Waals surface area contributed by atoms with Gasteiger partial charge in [0, 0.05) is 18.0 Å². The number of ether oxygens (including phenoxy) is 1. The maximum Gasteiger partial charge on any atom is 0.251 e. The van der Waals surface area contributed by atoms with Crippen LogP contribution in [-0.4, -0.2) is 29.8 Å². The van der Waals surface area contributed by atoms with Gasteiger partial charge >= 0.3 is 0 Å². The Morgan fingerprint density at radius 1 is 1.26 bits per heavy atom. The first-order valence-electron chi connectivity index (χ1n) is 6.97. The third-order valence-corrected chi connectivity index (χ3v) is 3.98. The minimum absolute atomic E-state index is 0.0175. The van der Waals surface area contributed by atoms with Gasteiger partial charge in [0.25, 0.3) is 5.91 Å². The fraction of sp³-hybridized carbons (Fsp3) is 0.533. The third kappa shape index (κ3) is 2.73. The summed E-state index contributed by atoms with van der Waals surface area (Å²) in [6.07, 6.45) is 3.98. The predicted molar refractivity (Wildman–Crippen MR) is 71.4 cm³/mol. The average molecular weight is 261 g/mol. The van der Waals surface area contributed by atoms with Crippen molar-refractivity contribution in [3.8, 4) is 5.75 Å². The molecule has 1 aliphatic heterocycles. The molecule has 2 aliphatic rings. The molecule has 0 aromatic heterocycles. The molecule has 4 heteroatoms. The number of hydrogen-bond donors (Lipinski definition) is 2. The standard InChI is InChI=1S/C15H19NO3/c17-13-4-2-12(3-5-13)16-15(18)11-1-6-14-10(9-11)7-8-19-14/h1,6,9,12-13,17H,2-5,7-8H2,(H,16,18). The van der Waals surface area contributed by atoms with Crippen LogP contribution in [-0.2, 0) is 6.42 Å². The Hall–Kier alpha value is -1.55. The lowest BCUT2D eigenvalue weighted by Gasteiger charge is -2.26. The Labute approximate surface area is 112 Å². The summed E-state index contributed by atoms with van der Waals surface area (Å²) in [5.41, 5.74) is 1.82. The molecule has 19 heavy (non-hydrogen) atoms. The molecule has 2 N–H and O–H groups in total. The van der Waals surface area contributed by atoms with Gasteiger partial charge in [-0.05, 0) is 49.4 Å². The lowest BCUT2D eigenvalue weighted by molar-refractivity contribution is 0.0867. The van der Waals surface area contributed by atoms with E-state index >= 15 is 0 Å². The van der Waals surface area contributed by atoms with Crippen LogP contribution in [0.3, 0.4) is 0 Å². The summed E-state index contributed by atoms with van der Waals surface area (Å²) < 4.78 is 5.44. The van der Waals surface area contributed by atoms with Gasteiger partial charge in [-0.1, -0.05) is 0 Å². The van der Waals surface area contributed by atoms with Crippen molar-refractivity contribution < 1.29 is 14.6 Å². The summed E-state index contributed by atoms with van der Waals surface area (Å²) in [7, 11) is 0. The second-order valence-corrected chi connectivity index (χ2v) is 5.40. The molecule has 1 heterocycles. The number of hydrogen-bond acceptors (Lipinski definition) is 3. The first-order chi connectivity index (χ1) is 9.22. The van der Waals surface area contributed by atoms with Gasteiger partial charge in [0.2, 0.25) is 0 Å². The predicted octanol–water partition coefficient (Wildman–Crippen LogP) is 1.65. The van der Waals surface area contributed by atoms with Gasteiger partial charge in [-0.3, -0.25) is 4.79 Å². The Bertz CT molecular complexity index is 478. The van der Waals surface area contributed by atoms with Gasteiger partial charge in [-0.25, -0.2) is 0 Å². The van der Waals surface area contributed by atoms with Crippen LogP contribution in [0.5, 0.6) is 5.75 Å². The van der Waals surface area contributed by atoms with E-state index in [1.807, 2.05) is 18.2 Å². The minimum atomic E-state index is -0.190. The molecule has 1 aromatic carbocycles. The number of carbonyl (C=O) groups excluding carboxylic acids is 1. The number of carbonyl (C=O) groups is 1. The van der Waals surface area contributed by atoms with E-state index in [2.05, 4.69) is 5.32 Å². The van der Waals surface area contributed by atoms with Gasteiger partial charge in [0.1, 0.15) is 5.75 Å². The highest BCUT2D eigenvalue weighted by Gasteiger charge is 2.22.